The van der Waals surface area contributed by atoms with Crippen molar-refractivity contribution in [3.05, 3.63) is 108 Å². The molecule has 3 aromatic carbocycles. The lowest BCUT2D eigenvalue weighted by atomic mass is 9.95. The summed E-state index contributed by atoms with van der Waals surface area (Å²) in [6, 6.07) is 19.0. The molecule has 5 rings (SSSR count). The van der Waals surface area contributed by atoms with Crippen LogP contribution in [-0.4, -0.2) is 24.3 Å². The summed E-state index contributed by atoms with van der Waals surface area (Å²) >= 11 is 1.32. The van der Waals surface area contributed by atoms with Crippen LogP contribution in [0.4, 0.5) is 0 Å². The number of aromatic nitrogens is 1. The van der Waals surface area contributed by atoms with Crippen LogP contribution in [0.25, 0.3) is 16.8 Å². The highest BCUT2D eigenvalue weighted by Crippen LogP contribution is 2.31. The number of carbonyl (C=O) groups is 1. The third kappa shape index (κ3) is 4.05. The third-order valence-electron chi connectivity index (χ3n) is 6.33. The number of hydrogen-bond donors (Lipinski definition) is 0. The minimum atomic E-state index is -0.615. The summed E-state index contributed by atoms with van der Waals surface area (Å²) in [5, 5.41) is 1.96. The molecule has 0 amide bonds. The number of hydrogen-bond acceptors (Lipinski definition) is 6. The number of esters is 1. The number of thiazole rings is 1. The molecule has 7 heteroatoms. The Morgan fingerprint density at radius 1 is 1.06 bits per heavy atom. The van der Waals surface area contributed by atoms with Crippen molar-refractivity contribution in [3.63, 3.8) is 0 Å². The number of methoxy groups -OCH3 is 1. The minimum absolute atomic E-state index is 0.196. The number of fused-ring (bicyclic) bond motifs is 2. The molecule has 182 valence electrons. The molecule has 1 aliphatic heterocycles. The maximum atomic E-state index is 13.8. The minimum Gasteiger partial charge on any atom is -0.496 e. The fourth-order valence-electron chi connectivity index (χ4n) is 4.60. The predicted octanol–water partition coefficient (Wildman–Crippen LogP) is 4.27. The first-order chi connectivity index (χ1) is 17.4. The van der Waals surface area contributed by atoms with Crippen LogP contribution in [0.1, 0.15) is 36.6 Å². The Morgan fingerprint density at radius 3 is 2.47 bits per heavy atom. The summed E-state index contributed by atoms with van der Waals surface area (Å²) in [5.74, 6) is 0.318. The molecule has 0 spiro atoms. The summed E-state index contributed by atoms with van der Waals surface area (Å²) in [7, 11) is 1.65. The van der Waals surface area contributed by atoms with E-state index in [-0.39, 0.29) is 12.2 Å². The van der Waals surface area contributed by atoms with Gasteiger partial charge in [0, 0.05) is 5.39 Å². The van der Waals surface area contributed by atoms with Gasteiger partial charge < -0.3 is 9.47 Å². The van der Waals surface area contributed by atoms with Crippen molar-refractivity contribution in [1.82, 2.24) is 4.57 Å². The van der Waals surface area contributed by atoms with Crippen LogP contribution in [0.3, 0.4) is 0 Å². The van der Waals surface area contributed by atoms with Crippen LogP contribution >= 0.6 is 11.3 Å². The predicted molar refractivity (Wildman–Crippen MR) is 142 cm³/mol. The molecule has 0 bridgehead atoms. The molecule has 6 nitrogen and oxygen atoms in total. The van der Waals surface area contributed by atoms with E-state index in [1.54, 1.807) is 25.5 Å². The van der Waals surface area contributed by atoms with Gasteiger partial charge in [-0.25, -0.2) is 9.79 Å². The summed E-state index contributed by atoms with van der Waals surface area (Å²) in [6.07, 6.45) is 1.89. The second kappa shape index (κ2) is 9.59. The van der Waals surface area contributed by atoms with Crippen molar-refractivity contribution in [2.45, 2.75) is 26.8 Å². The summed E-state index contributed by atoms with van der Waals surface area (Å²) in [4.78, 5) is 32.1. The Bertz CT molecular complexity index is 1690. The molecule has 2 heterocycles. The fraction of sp³-hybridized carbons (Fsp3) is 0.207. The van der Waals surface area contributed by atoms with Gasteiger partial charge in [0.25, 0.3) is 5.56 Å². The molecule has 0 saturated carbocycles. The van der Waals surface area contributed by atoms with Crippen LogP contribution in [0.15, 0.2) is 81.7 Å². The molecule has 0 saturated heterocycles. The van der Waals surface area contributed by atoms with Gasteiger partial charge >= 0.3 is 5.97 Å². The quantitative estimate of drug-likeness (QED) is 0.386. The molecule has 0 aliphatic carbocycles. The summed E-state index contributed by atoms with van der Waals surface area (Å²) < 4.78 is 13.0. The zero-order valence-electron chi connectivity index (χ0n) is 20.6. The average molecular weight is 499 g/mol. The second-order valence-corrected chi connectivity index (χ2v) is 9.62. The van der Waals surface area contributed by atoms with Crippen LogP contribution in [0.2, 0.25) is 0 Å². The molecule has 4 aromatic rings. The van der Waals surface area contributed by atoms with E-state index < -0.39 is 12.0 Å². The zero-order chi connectivity index (χ0) is 25.4. The standard InChI is InChI=1S/C29H26N2O4S/c1-5-35-28(33)25-18(3)30-29-31(26(25)19-12-10-17(2)11-13-19)27(32)24(36-29)16-20-14-15-23(34-4)22-9-7-6-8-21(20)22/h6-16,26H,5H2,1-4H3/b24-16-/t26-/m0/s1. The lowest BCUT2D eigenvalue weighted by molar-refractivity contribution is -0.139. The third-order valence-corrected chi connectivity index (χ3v) is 7.32. The normalized spacial score (nSPS) is 15.6. The van der Waals surface area contributed by atoms with Gasteiger partial charge in [-0.15, -0.1) is 0 Å². The van der Waals surface area contributed by atoms with Crippen LogP contribution < -0.4 is 19.6 Å². The van der Waals surface area contributed by atoms with Crippen LogP contribution in [-0.2, 0) is 9.53 Å². The molecule has 0 fully saturated rings. The number of rotatable bonds is 5. The highest BCUT2D eigenvalue weighted by molar-refractivity contribution is 7.07. The van der Waals surface area contributed by atoms with E-state index in [9.17, 15) is 9.59 Å². The molecule has 1 aromatic heterocycles. The van der Waals surface area contributed by atoms with Crippen molar-refractivity contribution < 1.29 is 14.3 Å². The molecule has 1 atom stereocenters. The largest absolute Gasteiger partial charge is 0.496 e. The highest BCUT2D eigenvalue weighted by Gasteiger charge is 2.33. The van der Waals surface area contributed by atoms with Gasteiger partial charge in [-0.05, 0) is 49.4 Å². The fourth-order valence-corrected chi connectivity index (χ4v) is 5.63. The summed E-state index contributed by atoms with van der Waals surface area (Å²) in [6.45, 7) is 5.80. The lowest BCUT2D eigenvalue weighted by Gasteiger charge is -2.24. The first-order valence-corrected chi connectivity index (χ1v) is 12.6. The highest BCUT2D eigenvalue weighted by atomic mass is 32.1. The van der Waals surface area contributed by atoms with E-state index in [4.69, 9.17) is 9.47 Å². The molecule has 0 radical (unpaired) electrons. The summed E-state index contributed by atoms with van der Waals surface area (Å²) in [5.41, 5.74) is 3.58. The molecule has 0 unspecified atom stereocenters. The Morgan fingerprint density at radius 2 is 1.78 bits per heavy atom. The van der Waals surface area contributed by atoms with E-state index in [0.29, 0.717) is 20.6 Å². The second-order valence-electron chi connectivity index (χ2n) is 8.62. The number of benzene rings is 3. The Hall–Kier alpha value is -3.97. The zero-order valence-corrected chi connectivity index (χ0v) is 21.4. The Kier molecular flexibility index (Phi) is 6.33. The SMILES string of the molecule is CCOC(=O)C1=C(C)N=c2s/c(=C\c3ccc(OC)c4ccccc34)c(=O)n2[C@H]1c1ccc(C)cc1. The molecular formula is C29H26N2O4S. The maximum Gasteiger partial charge on any atom is 0.338 e. The molecule has 0 N–H and O–H groups in total. The smallest absolute Gasteiger partial charge is 0.338 e. The van der Waals surface area contributed by atoms with Crippen molar-refractivity contribution in [2.24, 2.45) is 4.99 Å². The number of carbonyl (C=O) groups excluding carboxylic acids is 1. The first kappa shape index (κ1) is 23.8. The van der Waals surface area contributed by atoms with E-state index in [1.165, 1.54) is 11.3 Å². The molecule has 36 heavy (non-hydrogen) atoms. The van der Waals surface area contributed by atoms with Crippen molar-refractivity contribution >= 4 is 34.2 Å². The van der Waals surface area contributed by atoms with Crippen LogP contribution in [0, 0.1) is 6.92 Å². The van der Waals surface area contributed by atoms with E-state index in [1.807, 2.05) is 73.7 Å². The van der Waals surface area contributed by atoms with Gasteiger partial charge in [-0.3, -0.25) is 9.36 Å². The van der Waals surface area contributed by atoms with Crippen molar-refractivity contribution in [3.8, 4) is 5.75 Å². The number of allylic oxidation sites excluding steroid dienone is 1. The number of aryl methyl sites for hydroxylation is 1. The molecule has 1 aliphatic rings. The maximum absolute atomic E-state index is 13.8. The van der Waals surface area contributed by atoms with E-state index in [2.05, 4.69) is 4.99 Å². The van der Waals surface area contributed by atoms with Gasteiger partial charge in [0.15, 0.2) is 4.80 Å². The topological polar surface area (TPSA) is 69.9 Å². The van der Waals surface area contributed by atoms with E-state index in [0.717, 1.165) is 33.2 Å². The first-order valence-electron chi connectivity index (χ1n) is 11.7. The monoisotopic (exact) mass is 498 g/mol. The molecular weight excluding hydrogens is 472 g/mol. The van der Waals surface area contributed by atoms with Crippen LogP contribution in [0.5, 0.6) is 5.75 Å². The van der Waals surface area contributed by atoms with Gasteiger partial charge in [-0.1, -0.05) is 71.5 Å². The van der Waals surface area contributed by atoms with Gasteiger partial charge in [0.1, 0.15) is 5.75 Å². The van der Waals surface area contributed by atoms with Gasteiger partial charge in [0.05, 0.1) is 35.6 Å². The van der Waals surface area contributed by atoms with Crippen molar-refractivity contribution in [2.75, 3.05) is 13.7 Å². The lowest BCUT2D eigenvalue weighted by Crippen LogP contribution is -2.39. The van der Waals surface area contributed by atoms with E-state index >= 15 is 0 Å². The van der Waals surface area contributed by atoms with Gasteiger partial charge in [0.2, 0.25) is 0 Å². The Balaban J connectivity index is 1.75. The number of nitrogens with zero attached hydrogens (tertiary/aromatic N) is 2. The Labute approximate surface area is 212 Å². The number of ether oxygens (including phenoxy) is 2. The van der Waals surface area contributed by atoms with Crippen molar-refractivity contribution in [1.29, 1.82) is 0 Å². The van der Waals surface area contributed by atoms with Gasteiger partial charge in [-0.2, -0.15) is 0 Å². The average Bonchev–Trinajstić information content (AvgIpc) is 3.18.